The summed E-state index contributed by atoms with van der Waals surface area (Å²) >= 11 is 1.61. The molecule has 0 amide bonds. The van der Waals surface area contributed by atoms with Gasteiger partial charge in [0.1, 0.15) is 18.2 Å². The molecule has 0 unspecified atom stereocenters. The molecule has 0 aromatic carbocycles. The van der Waals surface area contributed by atoms with Crippen LogP contribution in [0.4, 0.5) is 11.6 Å². The van der Waals surface area contributed by atoms with E-state index in [1.807, 2.05) is 24.7 Å². The van der Waals surface area contributed by atoms with Gasteiger partial charge >= 0.3 is 0 Å². The maximum atomic E-state index is 5.08. The number of thiazole rings is 1. The molecule has 2 rings (SSSR count). The second kappa shape index (κ2) is 7.01. The Bertz CT molecular complexity index is 479. The molecule has 0 aliphatic carbocycles. The Morgan fingerprint density at radius 1 is 1.26 bits per heavy atom. The summed E-state index contributed by atoms with van der Waals surface area (Å²) in [5, 5.41) is 6.45. The highest BCUT2D eigenvalue weighted by molar-refractivity contribution is 7.09. The Morgan fingerprint density at radius 2 is 2.05 bits per heavy atom. The first-order chi connectivity index (χ1) is 9.31. The van der Waals surface area contributed by atoms with E-state index in [0.29, 0.717) is 19.0 Å². The molecule has 6 nitrogen and oxygen atoms in total. The minimum Gasteiger partial charge on any atom is -0.377 e. The van der Waals surface area contributed by atoms with Crippen LogP contribution in [0.3, 0.4) is 0 Å². The summed E-state index contributed by atoms with van der Waals surface area (Å²) < 4.78 is 5.08. The lowest BCUT2D eigenvalue weighted by atomic mass is 10.4. The van der Waals surface area contributed by atoms with Crippen molar-refractivity contribution in [3.8, 4) is 0 Å². The molecule has 2 aromatic rings. The number of rotatable bonds is 7. The number of hydrogen-bond donors (Lipinski definition) is 2. The Morgan fingerprint density at radius 3 is 2.68 bits per heavy atom. The maximum absolute atomic E-state index is 5.08. The molecule has 102 valence electrons. The first-order valence-electron chi connectivity index (χ1n) is 6.03. The number of aromatic nitrogens is 3. The summed E-state index contributed by atoms with van der Waals surface area (Å²) in [6, 6.07) is 1.89. The Balaban J connectivity index is 2.08. The number of methoxy groups -OCH3 is 1. The number of ether oxygens (including phenoxy) is 1. The summed E-state index contributed by atoms with van der Waals surface area (Å²) in [6.07, 6.45) is 1.85. The van der Waals surface area contributed by atoms with Gasteiger partial charge in [-0.05, 0) is 6.92 Å². The number of anilines is 2. The minimum atomic E-state index is 0.397. The van der Waals surface area contributed by atoms with Crippen molar-refractivity contribution >= 4 is 23.0 Å². The topological polar surface area (TPSA) is 72.0 Å². The Hall–Kier alpha value is -1.73. The van der Waals surface area contributed by atoms with Crippen LogP contribution in [0.5, 0.6) is 0 Å². The van der Waals surface area contributed by atoms with E-state index in [9.17, 15) is 0 Å². The van der Waals surface area contributed by atoms with Gasteiger partial charge in [0, 0.05) is 30.8 Å². The van der Waals surface area contributed by atoms with Crippen LogP contribution in [0.25, 0.3) is 0 Å². The molecular formula is C12H17N5OS. The van der Waals surface area contributed by atoms with E-state index in [4.69, 9.17) is 4.74 Å². The van der Waals surface area contributed by atoms with Crippen LogP contribution in [-0.4, -0.2) is 28.6 Å². The van der Waals surface area contributed by atoms with E-state index in [1.165, 1.54) is 0 Å². The third-order valence-electron chi connectivity index (χ3n) is 2.33. The fourth-order valence-electron chi connectivity index (χ4n) is 1.56. The average Bonchev–Trinajstić information content (AvgIpc) is 2.90. The smallest absolute Gasteiger partial charge is 0.158 e. The van der Waals surface area contributed by atoms with Crippen molar-refractivity contribution in [1.82, 2.24) is 15.0 Å². The molecule has 2 aromatic heterocycles. The molecule has 0 aliphatic rings. The van der Waals surface area contributed by atoms with E-state index < -0.39 is 0 Å². The lowest BCUT2D eigenvalue weighted by Gasteiger charge is -2.09. The Labute approximate surface area is 116 Å². The zero-order valence-electron chi connectivity index (χ0n) is 11.0. The van der Waals surface area contributed by atoms with E-state index in [2.05, 4.69) is 25.6 Å². The quantitative estimate of drug-likeness (QED) is 0.809. The summed E-state index contributed by atoms with van der Waals surface area (Å²) in [5.74, 6) is 2.25. The van der Waals surface area contributed by atoms with Crippen LogP contribution in [0.2, 0.25) is 0 Å². The van der Waals surface area contributed by atoms with Crippen molar-refractivity contribution in [2.45, 2.75) is 20.1 Å². The van der Waals surface area contributed by atoms with Crippen molar-refractivity contribution in [3.05, 3.63) is 28.5 Å². The van der Waals surface area contributed by atoms with E-state index >= 15 is 0 Å². The summed E-state index contributed by atoms with van der Waals surface area (Å²) in [5.41, 5.74) is 1.82. The predicted molar refractivity (Wildman–Crippen MR) is 76.3 cm³/mol. The minimum absolute atomic E-state index is 0.397. The fourth-order valence-corrected chi connectivity index (χ4v) is 2.09. The van der Waals surface area contributed by atoms with Crippen LogP contribution >= 0.6 is 11.3 Å². The first-order valence-corrected chi connectivity index (χ1v) is 6.91. The third-order valence-corrected chi connectivity index (χ3v) is 3.11. The highest BCUT2D eigenvalue weighted by atomic mass is 32.1. The van der Waals surface area contributed by atoms with Crippen LogP contribution in [-0.2, 0) is 17.9 Å². The van der Waals surface area contributed by atoms with Crippen molar-refractivity contribution in [2.24, 2.45) is 0 Å². The molecule has 0 atom stereocenters. The van der Waals surface area contributed by atoms with Crippen molar-refractivity contribution in [2.75, 3.05) is 24.3 Å². The predicted octanol–water partition coefficient (Wildman–Crippen LogP) is 2.12. The van der Waals surface area contributed by atoms with Gasteiger partial charge < -0.3 is 15.4 Å². The number of nitrogens with zero attached hydrogens (tertiary/aromatic N) is 3. The summed E-state index contributed by atoms with van der Waals surface area (Å²) in [7, 11) is 1.63. The van der Waals surface area contributed by atoms with Gasteiger partial charge in [-0.3, -0.25) is 4.98 Å². The van der Waals surface area contributed by atoms with Gasteiger partial charge in [-0.2, -0.15) is 0 Å². The van der Waals surface area contributed by atoms with Gasteiger partial charge in [0.05, 0.1) is 12.1 Å². The van der Waals surface area contributed by atoms with Crippen molar-refractivity contribution < 1.29 is 4.74 Å². The second-order valence-corrected chi connectivity index (χ2v) is 4.81. The third kappa shape index (κ3) is 4.15. The van der Waals surface area contributed by atoms with Gasteiger partial charge in [-0.25, -0.2) is 9.97 Å². The van der Waals surface area contributed by atoms with Crippen LogP contribution < -0.4 is 10.6 Å². The monoisotopic (exact) mass is 279 g/mol. The number of nitrogens with one attached hydrogen (secondary N) is 2. The highest BCUT2D eigenvalue weighted by Crippen LogP contribution is 2.14. The van der Waals surface area contributed by atoms with E-state index in [1.54, 1.807) is 18.4 Å². The van der Waals surface area contributed by atoms with Gasteiger partial charge in [0.15, 0.2) is 5.82 Å². The van der Waals surface area contributed by atoms with Crippen molar-refractivity contribution in [3.63, 3.8) is 0 Å². The molecule has 19 heavy (non-hydrogen) atoms. The lowest BCUT2D eigenvalue weighted by molar-refractivity contribution is 0.178. The van der Waals surface area contributed by atoms with Gasteiger partial charge in [-0.1, -0.05) is 0 Å². The van der Waals surface area contributed by atoms with E-state index in [0.717, 1.165) is 23.1 Å². The molecule has 0 spiro atoms. The highest BCUT2D eigenvalue weighted by Gasteiger charge is 2.04. The molecule has 0 saturated heterocycles. The van der Waals surface area contributed by atoms with Gasteiger partial charge in [-0.15, -0.1) is 11.3 Å². The molecule has 2 N–H and O–H groups in total. The zero-order valence-corrected chi connectivity index (χ0v) is 11.8. The molecular weight excluding hydrogens is 262 g/mol. The maximum Gasteiger partial charge on any atom is 0.158 e. The molecule has 7 heteroatoms. The standard InChI is InChI=1S/C12H17N5OS/c1-3-14-10-4-11(17-12(16-10)7-18-2)15-6-9-5-13-8-19-9/h4-5,8H,3,6-7H2,1-2H3,(H2,14,15,16,17). The molecule has 0 saturated carbocycles. The second-order valence-electron chi connectivity index (χ2n) is 3.84. The SMILES string of the molecule is CCNc1cc(NCc2cncs2)nc(COC)n1. The fraction of sp³-hybridized carbons (Fsp3) is 0.417. The molecule has 2 heterocycles. The Kier molecular flexibility index (Phi) is 5.05. The van der Waals surface area contributed by atoms with E-state index in [-0.39, 0.29) is 0 Å². The van der Waals surface area contributed by atoms with Crippen LogP contribution in [0, 0.1) is 0 Å². The average molecular weight is 279 g/mol. The summed E-state index contributed by atoms with van der Waals surface area (Å²) in [6.45, 7) is 3.95. The van der Waals surface area contributed by atoms with Gasteiger partial charge in [0.25, 0.3) is 0 Å². The molecule has 0 radical (unpaired) electrons. The normalized spacial score (nSPS) is 10.4. The number of hydrogen-bond acceptors (Lipinski definition) is 7. The van der Waals surface area contributed by atoms with Gasteiger partial charge in [0.2, 0.25) is 0 Å². The molecule has 0 fully saturated rings. The molecule has 0 bridgehead atoms. The first kappa shape index (κ1) is 13.7. The largest absolute Gasteiger partial charge is 0.377 e. The van der Waals surface area contributed by atoms with Crippen molar-refractivity contribution in [1.29, 1.82) is 0 Å². The van der Waals surface area contributed by atoms with Crippen LogP contribution in [0.15, 0.2) is 17.8 Å². The van der Waals surface area contributed by atoms with Crippen LogP contribution in [0.1, 0.15) is 17.6 Å². The summed E-state index contributed by atoms with van der Waals surface area (Å²) in [4.78, 5) is 14.0. The zero-order chi connectivity index (χ0) is 13.5. The molecule has 0 aliphatic heterocycles. The lowest BCUT2D eigenvalue weighted by Crippen LogP contribution is -2.08.